The number of aryl methyl sites for hydroxylation is 2. The summed E-state index contributed by atoms with van der Waals surface area (Å²) in [6.07, 6.45) is 4.87. The van der Waals surface area contributed by atoms with Gasteiger partial charge in [0.25, 0.3) is 0 Å². The van der Waals surface area contributed by atoms with Gasteiger partial charge < -0.3 is 10.0 Å². The summed E-state index contributed by atoms with van der Waals surface area (Å²) in [4.78, 5) is 26.0. The number of aliphatic carboxylic acids is 1. The lowest BCUT2D eigenvalue weighted by Gasteiger charge is -2.21. The Morgan fingerprint density at radius 2 is 2.05 bits per heavy atom. The van der Waals surface area contributed by atoms with E-state index in [1.165, 1.54) is 34.2 Å². The van der Waals surface area contributed by atoms with Crippen molar-refractivity contribution in [1.29, 1.82) is 0 Å². The zero-order valence-electron chi connectivity index (χ0n) is 11.9. The van der Waals surface area contributed by atoms with Gasteiger partial charge in [0.15, 0.2) is 0 Å². The van der Waals surface area contributed by atoms with Crippen LogP contribution in [0.2, 0.25) is 0 Å². The van der Waals surface area contributed by atoms with Crippen LogP contribution >= 0.6 is 11.8 Å². The first kappa shape index (κ1) is 14.4. The largest absolute Gasteiger partial charge is 0.480 e. The minimum absolute atomic E-state index is 0.0644. The summed E-state index contributed by atoms with van der Waals surface area (Å²) in [7, 11) is 0. The van der Waals surface area contributed by atoms with Crippen LogP contribution in [-0.2, 0) is 22.4 Å². The van der Waals surface area contributed by atoms with Crippen LogP contribution in [0.3, 0.4) is 0 Å². The molecule has 0 spiro atoms. The van der Waals surface area contributed by atoms with Crippen molar-refractivity contribution in [3.8, 4) is 0 Å². The molecule has 3 rings (SSSR count). The number of amides is 1. The number of fused-ring (bicyclic) bond motifs is 1. The summed E-state index contributed by atoms with van der Waals surface area (Å²) in [6.45, 7) is 0.570. The number of likely N-dealkylation sites (tertiary alicyclic amines) is 1. The van der Waals surface area contributed by atoms with Gasteiger partial charge in [-0.25, -0.2) is 4.79 Å². The lowest BCUT2D eigenvalue weighted by Crippen LogP contribution is -2.41. The van der Waals surface area contributed by atoms with Crippen molar-refractivity contribution in [3.63, 3.8) is 0 Å². The lowest BCUT2D eigenvalue weighted by molar-refractivity contribution is -0.147. The Balaban J connectivity index is 1.60. The standard InChI is InChI=1S/C16H19NO3S/c18-15(17-8-2-5-14(17)16(19)20)10-21-13-7-6-11-3-1-4-12(11)9-13/h6-7,9,14H,1-5,8,10H2,(H,19,20)/t14-/m1/s1. The molecule has 21 heavy (non-hydrogen) atoms. The zero-order chi connectivity index (χ0) is 14.8. The highest BCUT2D eigenvalue weighted by Gasteiger charge is 2.33. The van der Waals surface area contributed by atoms with Gasteiger partial charge in [0.05, 0.1) is 5.75 Å². The Morgan fingerprint density at radius 3 is 2.86 bits per heavy atom. The van der Waals surface area contributed by atoms with Crippen LogP contribution in [0.4, 0.5) is 0 Å². The van der Waals surface area contributed by atoms with Crippen LogP contribution in [0, 0.1) is 0 Å². The molecule has 0 bridgehead atoms. The fourth-order valence-corrected chi connectivity index (χ4v) is 4.03. The number of carbonyl (C=O) groups is 2. The first-order valence-electron chi connectivity index (χ1n) is 7.42. The van der Waals surface area contributed by atoms with Gasteiger partial charge in [-0.2, -0.15) is 0 Å². The fourth-order valence-electron chi connectivity index (χ4n) is 3.19. The van der Waals surface area contributed by atoms with E-state index in [0.717, 1.165) is 24.2 Å². The third kappa shape index (κ3) is 3.07. The molecule has 2 aliphatic rings. The molecule has 1 amide bonds. The predicted octanol–water partition coefficient (Wildman–Crippen LogP) is 2.34. The van der Waals surface area contributed by atoms with Gasteiger partial charge >= 0.3 is 5.97 Å². The summed E-state index contributed by atoms with van der Waals surface area (Å²) < 4.78 is 0. The van der Waals surface area contributed by atoms with E-state index < -0.39 is 12.0 Å². The third-order valence-corrected chi connectivity index (χ3v) is 5.27. The van der Waals surface area contributed by atoms with E-state index in [-0.39, 0.29) is 5.91 Å². The van der Waals surface area contributed by atoms with Crippen molar-refractivity contribution >= 4 is 23.6 Å². The van der Waals surface area contributed by atoms with E-state index in [9.17, 15) is 9.59 Å². The summed E-state index contributed by atoms with van der Waals surface area (Å²) in [5, 5.41) is 9.12. The van der Waals surface area contributed by atoms with E-state index in [1.54, 1.807) is 0 Å². The predicted molar refractivity (Wildman–Crippen MR) is 81.6 cm³/mol. The molecular weight excluding hydrogens is 286 g/mol. The van der Waals surface area contributed by atoms with Gasteiger partial charge in [0.2, 0.25) is 5.91 Å². The topological polar surface area (TPSA) is 57.6 Å². The number of thioether (sulfide) groups is 1. The smallest absolute Gasteiger partial charge is 0.326 e. The second-order valence-electron chi connectivity index (χ2n) is 5.66. The molecule has 4 nitrogen and oxygen atoms in total. The molecule has 1 aliphatic heterocycles. The molecular formula is C16H19NO3S. The van der Waals surface area contributed by atoms with Crippen LogP contribution < -0.4 is 0 Å². The molecule has 0 radical (unpaired) electrons. The molecule has 1 aromatic carbocycles. The molecule has 0 unspecified atom stereocenters. The van der Waals surface area contributed by atoms with E-state index in [0.29, 0.717) is 18.7 Å². The second-order valence-corrected chi connectivity index (χ2v) is 6.70. The number of hydrogen-bond acceptors (Lipinski definition) is 3. The summed E-state index contributed by atoms with van der Waals surface area (Å²) in [5.41, 5.74) is 2.83. The average molecular weight is 305 g/mol. The van der Waals surface area contributed by atoms with Gasteiger partial charge in [0, 0.05) is 11.4 Å². The minimum atomic E-state index is -0.886. The molecule has 1 N–H and O–H groups in total. The fraction of sp³-hybridized carbons (Fsp3) is 0.500. The van der Waals surface area contributed by atoms with Crippen molar-refractivity contribution in [1.82, 2.24) is 4.90 Å². The second kappa shape index (κ2) is 6.10. The van der Waals surface area contributed by atoms with Gasteiger partial charge in [-0.3, -0.25) is 4.79 Å². The number of benzene rings is 1. The first-order valence-corrected chi connectivity index (χ1v) is 8.40. The van der Waals surface area contributed by atoms with Crippen molar-refractivity contribution in [2.45, 2.75) is 43.0 Å². The molecule has 5 heteroatoms. The Morgan fingerprint density at radius 1 is 1.24 bits per heavy atom. The van der Waals surface area contributed by atoms with Crippen LogP contribution in [0.1, 0.15) is 30.4 Å². The summed E-state index contributed by atoms with van der Waals surface area (Å²) >= 11 is 1.51. The highest BCUT2D eigenvalue weighted by atomic mass is 32.2. The lowest BCUT2D eigenvalue weighted by atomic mass is 10.1. The van der Waals surface area contributed by atoms with Crippen molar-refractivity contribution in [2.24, 2.45) is 0 Å². The molecule has 1 atom stereocenters. The van der Waals surface area contributed by atoms with Crippen LogP contribution in [0.5, 0.6) is 0 Å². The average Bonchev–Trinajstić information content (AvgIpc) is 3.12. The molecule has 1 aliphatic carbocycles. The van der Waals surface area contributed by atoms with E-state index >= 15 is 0 Å². The Labute approximate surface area is 128 Å². The van der Waals surface area contributed by atoms with Crippen molar-refractivity contribution in [3.05, 3.63) is 29.3 Å². The maximum absolute atomic E-state index is 12.2. The first-order chi connectivity index (χ1) is 10.1. The number of hydrogen-bond donors (Lipinski definition) is 1. The maximum atomic E-state index is 12.2. The Hall–Kier alpha value is -1.49. The maximum Gasteiger partial charge on any atom is 0.326 e. The van der Waals surface area contributed by atoms with Crippen molar-refractivity contribution < 1.29 is 14.7 Å². The quantitative estimate of drug-likeness (QED) is 0.868. The molecule has 1 fully saturated rings. The highest BCUT2D eigenvalue weighted by Crippen LogP contribution is 2.28. The van der Waals surface area contributed by atoms with E-state index in [2.05, 4.69) is 18.2 Å². The van der Waals surface area contributed by atoms with Crippen molar-refractivity contribution in [2.75, 3.05) is 12.3 Å². The number of carboxylic acid groups (broad SMARTS) is 1. The molecule has 1 saturated heterocycles. The van der Waals surface area contributed by atoms with Crippen LogP contribution in [0.25, 0.3) is 0 Å². The molecule has 1 aromatic rings. The van der Waals surface area contributed by atoms with Gasteiger partial charge in [0.1, 0.15) is 6.04 Å². The number of carbonyl (C=O) groups excluding carboxylic acids is 1. The molecule has 0 saturated carbocycles. The van der Waals surface area contributed by atoms with Gasteiger partial charge in [-0.1, -0.05) is 6.07 Å². The van der Waals surface area contributed by atoms with Gasteiger partial charge in [-0.15, -0.1) is 11.8 Å². The summed E-state index contributed by atoms with van der Waals surface area (Å²) in [5.74, 6) is -0.628. The van der Waals surface area contributed by atoms with Crippen LogP contribution in [0.15, 0.2) is 23.1 Å². The summed E-state index contributed by atoms with van der Waals surface area (Å²) in [6, 6.07) is 5.78. The highest BCUT2D eigenvalue weighted by molar-refractivity contribution is 8.00. The molecule has 0 aromatic heterocycles. The Kier molecular flexibility index (Phi) is 4.19. The SMILES string of the molecule is O=C(O)[C@H]1CCCN1C(=O)CSc1ccc2c(c1)CCC2. The number of rotatable bonds is 4. The van der Waals surface area contributed by atoms with E-state index in [4.69, 9.17) is 5.11 Å². The number of carboxylic acids is 1. The molecule has 112 valence electrons. The van der Waals surface area contributed by atoms with E-state index in [1.807, 2.05) is 0 Å². The third-order valence-electron chi connectivity index (χ3n) is 4.29. The van der Waals surface area contributed by atoms with Gasteiger partial charge in [-0.05, 0) is 55.4 Å². The normalized spacial score (nSPS) is 20.6. The Bertz CT molecular complexity index is 573. The zero-order valence-corrected chi connectivity index (χ0v) is 12.7. The van der Waals surface area contributed by atoms with Crippen LogP contribution in [-0.4, -0.2) is 40.2 Å². The monoisotopic (exact) mass is 305 g/mol. The molecule has 1 heterocycles. The minimum Gasteiger partial charge on any atom is -0.480 e. The number of nitrogens with zero attached hydrogens (tertiary/aromatic N) is 1.